The zero-order chi connectivity index (χ0) is 11.2. The molecule has 2 aromatic rings. The van der Waals surface area contributed by atoms with Crippen LogP contribution in [0.3, 0.4) is 0 Å². The Morgan fingerprint density at radius 3 is 3.00 bits per heavy atom. The van der Waals surface area contributed by atoms with E-state index in [1.165, 1.54) is 0 Å². The molecule has 0 spiro atoms. The molecule has 3 heterocycles. The first-order valence-electron chi connectivity index (χ1n) is 5.65. The Morgan fingerprint density at radius 2 is 2.25 bits per heavy atom. The normalized spacial score (nSPS) is 25.4. The summed E-state index contributed by atoms with van der Waals surface area (Å²) >= 11 is 0. The molecule has 1 fully saturated rings. The van der Waals surface area contributed by atoms with Gasteiger partial charge in [-0.25, -0.2) is 9.97 Å². The van der Waals surface area contributed by atoms with E-state index in [1.807, 2.05) is 19.1 Å². The van der Waals surface area contributed by atoms with Crippen molar-refractivity contribution in [2.75, 3.05) is 6.61 Å². The maximum absolute atomic E-state index is 5.76. The van der Waals surface area contributed by atoms with Crippen LogP contribution in [0.1, 0.15) is 31.3 Å². The van der Waals surface area contributed by atoms with Gasteiger partial charge in [-0.1, -0.05) is 0 Å². The zero-order valence-electron chi connectivity index (χ0n) is 9.58. The molecule has 1 atom stereocenters. The van der Waals surface area contributed by atoms with Gasteiger partial charge in [0.25, 0.3) is 0 Å². The average Bonchev–Trinajstić information content (AvgIpc) is 2.84. The van der Waals surface area contributed by atoms with Gasteiger partial charge < -0.3 is 9.72 Å². The molecule has 1 N–H and O–H groups in total. The molecule has 1 aliphatic rings. The number of H-pyrrole nitrogens is 1. The molecule has 1 saturated heterocycles. The highest BCUT2D eigenvalue weighted by molar-refractivity contribution is 5.70. The van der Waals surface area contributed by atoms with E-state index in [-0.39, 0.29) is 5.60 Å². The molecule has 4 heteroatoms. The number of hydrogen-bond donors (Lipinski definition) is 1. The molecule has 0 amide bonds. The Kier molecular flexibility index (Phi) is 2.01. The molecule has 84 valence electrons. The lowest BCUT2D eigenvalue weighted by Crippen LogP contribution is -2.21. The zero-order valence-corrected chi connectivity index (χ0v) is 9.58. The number of nitrogens with zero attached hydrogens (tertiary/aromatic N) is 2. The fourth-order valence-electron chi connectivity index (χ4n) is 2.20. The van der Waals surface area contributed by atoms with Crippen molar-refractivity contribution in [3.8, 4) is 0 Å². The Labute approximate surface area is 94.1 Å². The van der Waals surface area contributed by atoms with Crippen molar-refractivity contribution in [1.29, 1.82) is 0 Å². The lowest BCUT2D eigenvalue weighted by molar-refractivity contribution is 0.0103. The quantitative estimate of drug-likeness (QED) is 0.797. The summed E-state index contributed by atoms with van der Waals surface area (Å²) in [5.74, 6) is 0.901. The molecular formula is C12H15N3O. The third-order valence-electron chi connectivity index (χ3n) is 3.20. The fraction of sp³-hybridized carbons (Fsp3) is 0.500. The summed E-state index contributed by atoms with van der Waals surface area (Å²) < 4.78 is 5.76. The number of aromatic nitrogens is 3. The van der Waals surface area contributed by atoms with Gasteiger partial charge in [0.2, 0.25) is 0 Å². The largest absolute Gasteiger partial charge is 0.367 e. The van der Waals surface area contributed by atoms with Crippen LogP contribution in [0.25, 0.3) is 11.2 Å². The molecule has 0 aromatic carbocycles. The molecule has 0 aliphatic carbocycles. The van der Waals surface area contributed by atoms with Gasteiger partial charge >= 0.3 is 0 Å². The number of rotatable bonds is 1. The predicted molar refractivity (Wildman–Crippen MR) is 61.2 cm³/mol. The molecule has 1 aliphatic heterocycles. The van der Waals surface area contributed by atoms with Crippen LogP contribution in [0.15, 0.2) is 12.1 Å². The Balaban J connectivity index is 2.11. The van der Waals surface area contributed by atoms with E-state index in [1.54, 1.807) is 0 Å². The smallest absolute Gasteiger partial charge is 0.178 e. The summed E-state index contributed by atoms with van der Waals surface area (Å²) in [5.41, 5.74) is 2.50. The first-order chi connectivity index (χ1) is 7.67. The second-order valence-electron chi connectivity index (χ2n) is 4.59. The third kappa shape index (κ3) is 1.41. The van der Waals surface area contributed by atoms with Crippen molar-refractivity contribution in [3.63, 3.8) is 0 Å². The summed E-state index contributed by atoms with van der Waals surface area (Å²) in [7, 11) is 0. The lowest BCUT2D eigenvalue weighted by Gasteiger charge is -2.19. The van der Waals surface area contributed by atoms with Gasteiger partial charge in [-0.05, 0) is 38.8 Å². The second kappa shape index (κ2) is 3.28. The van der Waals surface area contributed by atoms with E-state index in [0.717, 1.165) is 42.1 Å². The van der Waals surface area contributed by atoms with E-state index in [2.05, 4.69) is 21.9 Å². The summed E-state index contributed by atoms with van der Waals surface area (Å²) in [5, 5.41) is 0. The Morgan fingerprint density at radius 1 is 1.38 bits per heavy atom. The summed E-state index contributed by atoms with van der Waals surface area (Å²) in [4.78, 5) is 12.2. The standard InChI is InChI=1S/C12H15N3O/c1-8-4-5-9-10(13-8)15-11(14-9)12(2)6-3-7-16-12/h4-5H,3,6-7H2,1-2H3,(H,13,14,15). The number of aryl methyl sites for hydroxylation is 1. The van der Waals surface area contributed by atoms with Crippen LogP contribution in [-0.2, 0) is 10.3 Å². The van der Waals surface area contributed by atoms with Crippen molar-refractivity contribution >= 4 is 11.2 Å². The highest BCUT2D eigenvalue weighted by atomic mass is 16.5. The van der Waals surface area contributed by atoms with E-state index in [0.29, 0.717) is 0 Å². The monoisotopic (exact) mass is 217 g/mol. The molecular weight excluding hydrogens is 202 g/mol. The Bertz CT molecular complexity index is 526. The minimum Gasteiger partial charge on any atom is -0.367 e. The second-order valence-corrected chi connectivity index (χ2v) is 4.59. The van der Waals surface area contributed by atoms with E-state index < -0.39 is 0 Å². The number of fused-ring (bicyclic) bond motifs is 1. The SMILES string of the molecule is Cc1ccc2[nH]c(C3(C)CCCO3)nc2n1. The minimum atomic E-state index is -0.255. The fourth-order valence-corrected chi connectivity index (χ4v) is 2.20. The van der Waals surface area contributed by atoms with Crippen molar-refractivity contribution < 1.29 is 4.74 Å². The van der Waals surface area contributed by atoms with Crippen LogP contribution in [0, 0.1) is 6.92 Å². The lowest BCUT2D eigenvalue weighted by atomic mass is 10.0. The average molecular weight is 217 g/mol. The number of pyridine rings is 1. The molecule has 2 aromatic heterocycles. The number of imidazole rings is 1. The van der Waals surface area contributed by atoms with Crippen molar-refractivity contribution in [3.05, 3.63) is 23.7 Å². The van der Waals surface area contributed by atoms with Crippen molar-refractivity contribution in [2.45, 2.75) is 32.3 Å². The van der Waals surface area contributed by atoms with Crippen molar-refractivity contribution in [2.24, 2.45) is 0 Å². The van der Waals surface area contributed by atoms with Gasteiger partial charge in [-0.15, -0.1) is 0 Å². The van der Waals surface area contributed by atoms with Gasteiger partial charge in [0.05, 0.1) is 5.52 Å². The van der Waals surface area contributed by atoms with Gasteiger partial charge in [0.15, 0.2) is 5.65 Å². The number of hydrogen-bond acceptors (Lipinski definition) is 3. The first kappa shape index (κ1) is 9.78. The minimum absolute atomic E-state index is 0.255. The number of nitrogens with one attached hydrogen (secondary N) is 1. The van der Waals surface area contributed by atoms with Gasteiger partial charge in [-0.3, -0.25) is 0 Å². The molecule has 3 rings (SSSR count). The number of ether oxygens (including phenoxy) is 1. The van der Waals surface area contributed by atoms with Crippen LogP contribution < -0.4 is 0 Å². The van der Waals surface area contributed by atoms with Crippen molar-refractivity contribution in [1.82, 2.24) is 15.0 Å². The predicted octanol–water partition coefficient (Wildman–Crippen LogP) is 2.29. The summed E-state index contributed by atoms with van der Waals surface area (Å²) in [6, 6.07) is 4.01. The van der Waals surface area contributed by atoms with Crippen LogP contribution >= 0.6 is 0 Å². The van der Waals surface area contributed by atoms with Gasteiger partial charge in [-0.2, -0.15) is 0 Å². The molecule has 16 heavy (non-hydrogen) atoms. The van der Waals surface area contributed by atoms with Gasteiger partial charge in [0, 0.05) is 12.3 Å². The topological polar surface area (TPSA) is 50.8 Å². The van der Waals surface area contributed by atoms with E-state index in [9.17, 15) is 0 Å². The highest BCUT2D eigenvalue weighted by Crippen LogP contribution is 2.34. The number of aromatic amines is 1. The van der Waals surface area contributed by atoms with E-state index >= 15 is 0 Å². The molecule has 1 unspecified atom stereocenters. The van der Waals surface area contributed by atoms with Crippen LogP contribution in [0.2, 0.25) is 0 Å². The van der Waals surface area contributed by atoms with Crippen LogP contribution in [-0.4, -0.2) is 21.6 Å². The maximum Gasteiger partial charge on any atom is 0.178 e. The first-order valence-corrected chi connectivity index (χ1v) is 5.65. The molecule has 4 nitrogen and oxygen atoms in total. The Hall–Kier alpha value is -1.42. The van der Waals surface area contributed by atoms with Gasteiger partial charge in [0.1, 0.15) is 11.4 Å². The molecule has 0 radical (unpaired) electrons. The molecule has 0 bridgehead atoms. The summed E-state index contributed by atoms with van der Waals surface area (Å²) in [6.07, 6.45) is 2.12. The van der Waals surface area contributed by atoms with E-state index in [4.69, 9.17) is 4.74 Å². The molecule has 0 saturated carbocycles. The third-order valence-corrected chi connectivity index (χ3v) is 3.20. The van der Waals surface area contributed by atoms with Crippen LogP contribution in [0.5, 0.6) is 0 Å². The summed E-state index contributed by atoms with van der Waals surface area (Å²) in [6.45, 7) is 4.88. The highest BCUT2D eigenvalue weighted by Gasteiger charge is 2.34. The van der Waals surface area contributed by atoms with Crippen LogP contribution in [0.4, 0.5) is 0 Å². The maximum atomic E-state index is 5.76.